The number of pyridine rings is 1. The summed E-state index contributed by atoms with van der Waals surface area (Å²) in [7, 11) is 4.03. The van der Waals surface area contributed by atoms with Crippen LogP contribution in [0.2, 0.25) is 0 Å². The number of piperidine rings is 1. The standard InChI is InChI=1S/C21H24N4O/c1-23(2)18-8-6-16(7-9-18)20(11-22)24-12-15-10-17(14-24)19-4-3-5-21(26)25(19)13-15/h3-9,15,17,20H,10,12-14H2,1-2H3/t15-,17-,20+/m0/s1. The lowest BCUT2D eigenvalue weighted by Crippen LogP contribution is -2.47. The summed E-state index contributed by atoms with van der Waals surface area (Å²) >= 11 is 0. The van der Waals surface area contributed by atoms with E-state index in [9.17, 15) is 10.1 Å². The van der Waals surface area contributed by atoms with Gasteiger partial charge in [0, 0.05) is 57.1 Å². The number of likely N-dealkylation sites (tertiary alicyclic amines) is 1. The predicted molar refractivity (Wildman–Crippen MR) is 102 cm³/mol. The molecule has 134 valence electrons. The molecular weight excluding hydrogens is 324 g/mol. The van der Waals surface area contributed by atoms with Crippen molar-refractivity contribution in [3.05, 3.63) is 64.1 Å². The fourth-order valence-corrected chi connectivity index (χ4v) is 4.47. The molecule has 5 nitrogen and oxygen atoms in total. The van der Waals surface area contributed by atoms with E-state index < -0.39 is 0 Å². The van der Waals surface area contributed by atoms with E-state index in [1.807, 2.05) is 24.7 Å². The summed E-state index contributed by atoms with van der Waals surface area (Å²) in [5, 5.41) is 9.86. The molecule has 2 aliphatic heterocycles. The Labute approximate surface area is 154 Å². The molecular formula is C21H24N4O. The quantitative estimate of drug-likeness (QED) is 0.856. The number of anilines is 1. The number of hydrogen-bond donors (Lipinski definition) is 0. The van der Waals surface area contributed by atoms with Gasteiger partial charge in [0.25, 0.3) is 5.56 Å². The number of benzene rings is 1. The highest BCUT2D eigenvalue weighted by Gasteiger charge is 2.37. The minimum atomic E-state index is -0.238. The lowest BCUT2D eigenvalue weighted by molar-refractivity contribution is 0.100. The highest BCUT2D eigenvalue weighted by Crippen LogP contribution is 2.38. The van der Waals surface area contributed by atoms with Crippen molar-refractivity contribution in [2.75, 3.05) is 32.1 Å². The Morgan fingerprint density at radius 3 is 2.58 bits per heavy atom. The molecule has 0 aliphatic carbocycles. The van der Waals surface area contributed by atoms with Crippen molar-refractivity contribution < 1.29 is 0 Å². The van der Waals surface area contributed by atoms with Crippen molar-refractivity contribution in [2.45, 2.75) is 24.9 Å². The van der Waals surface area contributed by atoms with Gasteiger partial charge in [-0.2, -0.15) is 5.26 Å². The van der Waals surface area contributed by atoms with Crippen LogP contribution in [0.3, 0.4) is 0 Å². The molecule has 1 aromatic carbocycles. The van der Waals surface area contributed by atoms with Crippen LogP contribution in [0.5, 0.6) is 0 Å². The Bertz CT molecular complexity index is 893. The lowest BCUT2D eigenvalue weighted by atomic mass is 9.82. The molecule has 0 N–H and O–H groups in total. The first kappa shape index (κ1) is 16.9. The highest BCUT2D eigenvalue weighted by atomic mass is 16.1. The first-order valence-corrected chi connectivity index (χ1v) is 9.17. The number of hydrogen-bond acceptors (Lipinski definition) is 4. The fourth-order valence-electron chi connectivity index (χ4n) is 4.47. The maximum absolute atomic E-state index is 12.2. The molecule has 3 heterocycles. The molecule has 2 aliphatic rings. The molecule has 2 aromatic rings. The van der Waals surface area contributed by atoms with Crippen LogP contribution < -0.4 is 10.5 Å². The van der Waals surface area contributed by atoms with Gasteiger partial charge in [0.2, 0.25) is 0 Å². The minimum Gasteiger partial charge on any atom is -0.378 e. The zero-order valence-corrected chi connectivity index (χ0v) is 15.3. The van der Waals surface area contributed by atoms with Gasteiger partial charge in [-0.15, -0.1) is 0 Å². The minimum absolute atomic E-state index is 0.0988. The number of fused-ring (bicyclic) bond motifs is 4. The molecule has 0 unspecified atom stereocenters. The van der Waals surface area contributed by atoms with E-state index in [1.54, 1.807) is 6.07 Å². The van der Waals surface area contributed by atoms with Gasteiger partial charge in [0.05, 0.1) is 6.07 Å². The van der Waals surface area contributed by atoms with Crippen LogP contribution in [0.4, 0.5) is 5.69 Å². The first-order chi connectivity index (χ1) is 12.6. The maximum atomic E-state index is 12.2. The third-order valence-electron chi connectivity index (χ3n) is 5.72. The number of nitrogens with zero attached hydrogens (tertiary/aromatic N) is 4. The number of aromatic nitrogens is 1. The van der Waals surface area contributed by atoms with Gasteiger partial charge < -0.3 is 9.47 Å². The van der Waals surface area contributed by atoms with Crippen LogP contribution in [0.25, 0.3) is 0 Å². The van der Waals surface area contributed by atoms with Crippen LogP contribution in [0.15, 0.2) is 47.3 Å². The van der Waals surface area contributed by atoms with E-state index in [2.05, 4.69) is 46.2 Å². The fraction of sp³-hybridized carbons (Fsp3) is 0.429. The first-order valence-electron chi connectivity index (χ1n) is 9.17. The average Bonchev–Trinajstić information content (AvgIpc) is 2.64. The molecule has 0 saturated carbocycles. The van der Waals surface area contributed by atoms with Gasteiger partial charge in [0.15, 0.2) is 0 Å². The van der Waals surface area contributed by atoms with Crippen LogP contribution >= 0.6 is 0 Å². The van der Waals surface area contributed by atoms with Gasteiger partial charge in [-0.25, -0.2) is 0 Å². The average molecular weight is 348 g/mol. The normalized spacial score (nSPS) is 23.0. The highest BCUT2D eigenvalue weighted by molar-refractivity contribution is 5.47. The predicted octanol–water partition coefficient (Wildman–Crippen LogP) is 2.60. The molecule has 0 radical (unpaired) electrons. The summed E-state index contributed by atoms with van der Waals surface area (Å²) in [4.78, 5) is 16.5. The third kappa shape index (κ3) is 2.91. The van der Waals surface area contributed by atoms with Crippen LogP contribution in [0.1, 0.15) is 29.6 Å². The van der Waals surface area contributed by atoms with E-state index in [0.717, 1.165) is 43.0 Å². The summed E-state index contributed by atoms with van der Waals surface area (Å²) in [6.07, 6.45) is 1.11. The van der Waals surface area contributed by atoms with E-state index in [4.69, 9.17) is 0 Å². The maximum Gasteiger partial charge on any atom is 0.250 e. The monoisotopic (exact) mass is 348 g/mol. The summed E-state index contributed by atoms with van der Waals surface area (Å²) in [5.41, 5.74) is 3.40. The topological polar surface area (TPSA) is 52.3 Å². The Morgan fingerprint density at radius 2 is 1.88 bits per heavy atom. The van der Waals surface area contributed by atoms with E-state index >= 15 is 0 Å². The molecule has 4 rings (SSSR count). The second kappa shape index (κ2) is 6.62. The molecule has 5 heteroatoms. The lowest BCUT2D eigenvalue weighted by Gasteiger charge is -2.44. The van der Waals surface area contributed by atoms with E-state index in [0.29, 0.717) is 11.8 Å². The smallest absolute Gasteiger partial charge is 0.250 e. The van der Waals surface area contributed by atoms with Gasteiger partial charge in [-0.1, -0.05) is 18.2 Å². The molecule has 1 fully saturated rings. The Kier molecular flexibility index (Phi) is 4.29. The largest absolute Gasteiger partial charge is 0.378 e. The van der Waals surface area contributed by atoms with Gasteiger partial charge in [-0.3, -0.25) is 9.69 Å². The van der Waals surface area contributed by atoms with Crippen molar-refractivity contribution in [3.63, 3.8) is 0 Å². The molecule has 1 saturated heterocycles. The summed E-state index contributed by atoms with van der Waals surface area (Å²) in [6.45, 7) is 2.46. The van der Waals surface area contributed by atoms with Crippen LogP contribution in [0, 0.1) is 17.2 Å². The van der Waals surface area contributed by atoms with Crippen molar-refractivity contribution in [1.29, 1.82) is 5.26 Å². The van der Waals surface area contributed by atoms with Crippen LogP contribution in [-0.2, 0) is 6.54 Å². The molecule has 2 bridgehead atoms. The molecule has 26 heavy (non-hydrogen) atoms. The number of rotatable bonds is 3. The molecule has 1 aromatic heterocycles. The van der Waals surface area contributed by atoms with Gasteiger partial charge in [0.1, 0.15) is 6.04 Å². The molecule has 3 atom stereocenters. The summed E-state index contributed by atoms with van der Waals surface area (Å²) in [5.74, 6) is 0.756. The van der Waals surface area contributed by atoms with Crippen molar-refractivity contribution in [2.24, 2.45) is 5.92 Å². The Balaban J connectivity index is 1.61. The Morgan fingerprint density at radius 1 is 1.12 bits per heavy atom. The zero-order valence-electron chi connectivity index (χ0n) is 15.3. The van der Waals surface area contributed by atoms with Gasteiger partial charge >= 0.3 is 0 Å². The van der Waals surface area contributed by atoms with Crippen molar-refractivity contribution >= 4 is 5.69 Å². The second-order valence-corrected chi connectivity index (χ2v) is 7.67. The second-order valence-electron chi connectivity index (χ2n) is 7.67. The Hall–Kier alpha value is -2.58. The molecule has 0 amide bonds. The number of nitriles is 1. The van der Waals surface area contributed by atoms with Crippen LogP contribution in [-0.4, -0.2) is 36.7 Å². The zero-order chi connectivity index (χ0) is 18.3. The van der Waals surface area contributed by atoms with E-state index in [1.165, 1.54) is 0 Å². The molecule has 0 spiro atoms. The summed E-state index contributed by atoms with van der Waals surface area (Å²) < 4.78 is 1.93. The van der Waals surface area contributed by atoms with E-state index in [-0.39, 0.29) is 11.6 Å². The SMILES string of the molecule is CN(C)c1ccc([C@@H](C#N)N2C[C@@H]3C[C@@H](C2)c2cccc(=O)n2C3)cc1. The van der Waals surface area contributed by atoms with Crippen molar-refractivity contribution in [1.82, 2.24) is 9.47 Å². The summed E-state index contributed by atoms with van der Waals surface area (Å²) in [6, 6.07) is 16.1. The van der Waals surface area contributed by atoms with Crippen molar-refractivity contribution in [3.8, 4) is 6.07 Å². The third-order valence-corrected chi connectivity index (χ3v) is 5.72. The van der Waals surface area contributed by atoms with Gasteiger partial charge in [-0.05, 0) is 36.1 Å².